The summed E-state index contributed by atoms with van der Waals surface area (Å²) in [5.74, 6) is 0.231. The number of nitrogens with one attached hydrogen (secondary N) is 1. The molecule has 2 atom stereocenters. The molecule has 6 heteroatoms. The molecular formula is C28H28N4OS. The minimum Gasteiger partial charge on any atom is -0.508 e. The SMILES string of the molecule is CCc1ccccc1-n1c(C)cc([C@H]2[C@@H](c3ccccn3)NC(=S)N2c2ccc(O)cc2)c1C. The fraction of sp³-hybridized carbons (Fsp3) is 0.214. The summed E-state index contributed by atoms with van der Waals surface area (Å²) >= 11 is 5.84. The lowest BCUT2D eigenvalue weighted by atomic mass is 9.96. The van der Waals surface area contributed by atoms with Gasteiger partial charge in [0.2, 0.25) is 0 Å². The van der Waals surface area contributed by atoms with Crippen molar-refractivity contribution < 1.29 is 5.11 Å². The van der Waals surface area contributed by atoms with Gasteiger partial charge in [0.15, 0.2) is 5.11 Å². The number of rotatable bonds is 5. The van der Waals surface area contributed by atoms with Crippen molar-refractivity contribution >= 4 is 23.0 Å². The number of aromatic nitrogens is 2. The summed E-state index contributed by atoms with van der Waals surface area (Å²) in [5.41, 5.74) is 7.95. The second-order valence-corrected chi connectivity index (χ2v) is 9.04. The molecule has 0 amide bonds. The van der Waals surface area contributed by atoms with Crippen molar-refractivity contribution in [2.24, 2.45) is 0 Å². The molecular weight excluding hydrogens is 440 g/mol. The van der Waals surface area contributed by atoms with Crippen LogP contribution in [-0.2, 0) is 6.42 Å². The van der Waals surface area contributed by atoms with Crippen LogP contribution in [0.25, 0.3) is 5.69 Å². The van der Waals surface area contributed by atoms with E-state index in [1.165, 1.54) is 28.2 Å². The molecule has 2 aromatic carbocycles. The third kappa shape index (κ3) is 3.74. The molecule has 0 spiro atoms. The van der Waals surface area contributed by atoms with E-state index >= 15 is 0 Å². The van der Waals surface area contributed by atoms with E-state index in [0.29, 0.717) is 5.11 Å². The standard InChI is InChI=1S/C28H28N4OS/c1-4-20-9-5-6-11-25(20)31-18(2)17-23(19(31)3)27-26(24-10-7-8-16-29-24)30-28(34)32(27)21-12-14-22(33)15-13-21/h5-17,26-27,33H,4H2,1-3H3,(H,30,34)/t26-,27+/m1/s1. The number of nitrogens with zero attached hydrogens (tertiary/aromatic N) is 3. The Kier molecular flexibility index (Phi) is 5.84. The lowest BCUT2D eigenvalue weighted by molar-refractivity contribution is 0.475. The summed E-state index contributed by atoms with van der Waals surface area (Å²) in [6.07, 6.45) is 2.79. The van der Waals surface area contributed by atoms with E-state index < -0.39 is 0 Å². The van der Waals surface area contributed by atoms with E-state index in [4.69, 9.17) is 12.2 Å². The van der Waals surface area contributed by atoms with Crippen LogP contribution in [0.2, 0.25) is 0 Å². The van der Waals surface area contributed by atoms with Crippen molar-refractivity contribution in [1.82, 2.24) is 14.9 Å². The Labute approximate surface area is 205 Å². The van der Waals surface area contributed by atoms with Crippen LogP contribution in [0.15, 0.2) is 79.0 Å². The summed E-state index contributed by atoms with van der Waals surface area (Å²) in [7, 11) is 0. The molecule has 2 N–H and O–H groups in total. The van der Waals surface area contributed by atoms with E-state index in [1.807, 2.05) is 36.5 Å². The van der Waals surface area contributed by atoms with E-state index in [9.17, 15) is 5.11 Å². The Morgan fingerprint density at radius 2 is 1.74 bits per heavy atom. The number of phenols is 1. The van der Waals surface area contributed by atoms with Crippen molar-refractivity contribution in [3.8, 4) is 11.4 Å². The fourth-order valence-corrected chi connectivity index (χ4v) is 5.39. The van der Waals surface area contributed by atoms with Gasteiger partial charge >= 0.3 is 0 Å². The average molecular weight is 469 g/mol. The lowest BCUT2D eigenvalue weighted by Crippen LogP contribution is -2.29. The fourth-order valence-electron chi connectivity index (χ4n) is 5.05. The topological polar surface area (TPSA) is 53.3 Å². The molecule has 0 bridgehead atoms. The van der Waals surface area contributed by atoms with Crippen molar-refractivity contribution in [1.29, 1.82) is 0 Å². The van der Waals surface area contributed by atoms with E-state index in [-0.39, 0.29) is 17.8 Å². The van der Waals surface area contributed by atoms with Gasteiger partial charge in [-0.1, -0.05) is 31.2 Å². The number of aryl methyl sites for hydroxylation is 2. The Balaban J connectivity index is 1.69. The van der Waals surface area contributed by atoms with Crippen molar-refractivity contribution in [2.75, 3.05) is 4.90 Å². The van der Waals surface area contributed by atoms with Crippen LogP contribution in [0.4, 0.5) is 5.69 Å². The maximum Gasteiger partial charge on any atom is 0.174 e. The number of phenolic OH excluding ortho intramolecular Hbond substituents is 1. The molecule has 0 radical (unpaired) electrons. The van der Waals surface area contributed by atoms with Crippen LogP contribution in [0, 0.1) is 13.8 Å². The number of benzene rings is 2. The van der Waals surface area contributed by atoms with Crippen molar-refractivity contribution in [2.45, 2.75) is 39.3 Å². The zero-order valence-corrected chi connectivity index (χ0v) is 20.4. The third-order valence-corrected chi connectivity index (χ3v) is 6.94. The van der Waals surface area contributed by atoms with Crippen LogP contribution in [0.5, 0.6) is 5.75 Å². The largest absolute Gasteiger partial charge is 0.508 e. The van der Waals surface area contributed by atoms with Gasteiger partial charge in [-0.25, -0.2) is 0 Å². The number of hydrogen-bond donors (Lipinski definition) is 2. The monoisotopic (exact) mass is 468 g/mol. The van der Waals surface area contributed by atoms with Gasteiger partial charge in [0.1, 0.15) is 5.75 Å². The van der Waals surface area contributed by atoms with Crippen LogP contribution in [0.1, 0.15) is 47.2 Å². The molecule has 1 saturated heterocycles. The van der Waals surface area contributed by atoms with E-state index in [1.54, 1.807) is 12.1 Å². The molecule has 2 aromatic heterocycles. The summed E-state index contributed by atoms with van der Waals surface area (Å²) in [4.78, 5) is 6.81. The Hall–Kier alpha value is -3.64. The number of aromatic hydroxyl groups is 1. The molecule has 1 aliphatic rings. The molecule has 5 rings (SSSR count). The molecule has 0 saturated carbocycles. The van der Waals surface area contributed by atoms with Gasteiger partial charge in [-0.2, -0.15) is 0 Å². The van der Waals surface area contributed by atoms with Crippen LogP contribution < -0.4 is 10.2 Å². The maximum atomic E-state index is 9.86. The highest BCUT2D eigenvalue weighted by Gasteiger charge is 2.42. The van der Waals surface area contributed by atoms with Gasteiger partial charge in [0, 0.05) is 29.0 Å². The molecule has 1 aliphatic heterocycles. The van der Waals surface area contributed by atoms with E-state index in [0.717, 1.165) is 17.8 Å². The molecule has 1 fully saturated rings. The van der Waals surface area contributed by atoms with Gasteiger partial charge in [-0.15, -0.1) is 0 Å². The number of pyridine rings is 1. The summed E-state index contributed by atoms with van der Waals surface area (Å²) in [5, 5.41) is 14.0. The summed E-state index contributed by atoms with van der Waals surface area (Å²) in [6.45, 7) is 6.53. The number of thiocarbonyl (C=S) groups is 1. The minimum atomic E-state index is -0.113. The third-order valence-electron chi connectivity index (χ3n) is 6.63. The first-order chi connectivity index (χ1) is 16.5. The molecule has 34 heavy (non-hydrogen) atoms. The predicted molar refractivity (Wildman–Crippen MR) is 141 cm³/mol. The van der Waals surface area contributed by atoms with Crippen molar-refractivity contribution in [3.63, 3.8) is 0 Å². The Bertz CT molecular complexity index is 1330. The summed E-state index contributed by atoms with van der Waals surface area (Å²) in [6, 6.07) is 23.8. The van der Waals surface area contributed by atoms with Gasteiger partial charge < -0.3 is 19.9 Å². The molecule has 4 aromatic rings. The minimum absolute atomic E-state index is 0.0966. The Morgan fingerprint density at radius 1 is 1.00 bits per heavy atom. The van der Waals surface area contributed by atoms with E-state index in [2.05, 4.69) is 70.9 Å². The van der Waals surface area contributed by atoms with Crippen LogP contribution in [0.3, 0.4) is 0 Å². The lowest BCUT2D eigenvalue weighted by Gasteiger charge is -2.28. The first kappa shape index (κ1) is 22.2. The first-order valence-electron chi connectivity index (χ1n) is 11.6. The number of anilines is 1. The number of hydrogen-bond acceptors (Lipinski definition) is 3. The average Bonchev–Trinajstić information content (AvgIpc) is 3.35. The smallest absolute Gasteiger partial charge is 0.174 e. The van der Waals surface area contributed by atoms with Gasteiger partial charge in [0.05, 0.1) is 17.8 Å². The highest BCUT2D eigenvalue weighted by Crippen LogP contribution is 2.44. The quantitative estimate of drug-likeness (QED) is 0.355. The molecule has 5 nitrogen and oxygen atoms in total. The van der Waals surface area contributed by atoms with Gasteiger partial charge in [-0.05, 0) is 92.1 Å². The first-order valence-corrected chi connectivity index (χ1v) is 12.0. The molecule has 3 heterocycles. The Morgan fingerprint density at radius 3 is 2.44 bits per heavy atom. The second kappa shape index (κ2) is 8.95. The summed E-state index contributed by atoms with van der Waals surface area (Å²) < 4.78 is 2.35. The normalized spacial score (nSPS) is 17.7. The number of para-hydroxylation sites is 1. The predicted octanol–water partition coefficient (Wildman–Crippen LogP) is 5.93. The molecule has 0 aliphatic carbocycles. The second-order valence-electron chi connectivity index (χ2n) is 8.66. The highest BCUT2D eigenvalue weighted by molar-refractivity contribution is 7.80. The maximum absolute atomic E-state index is 9.86. The highest BCUT2D eigenvalue weighted by atomic mass is 32.1. The van der Waals surface area contributed by atoms with Gasteiger partial charge in [-0.3, -0.25) is 4.98 Å². The van der Waals surface area contributed by atoms with Crippen molar-refractivity contribution in [3.05, 3.63) is 107 Å². The van der Waals surface area contributed by atoms with Crippen LogP contribution in [-0.4, -0.2) is 19.8 Å². The molecule has 172 valence electrons. The molecule has 0 unspecified atom stereocenters. The van der Waals surface area contributed by atoms with Gasteiger partial charge in [0.25, 0.3) is 0 Å². The van der Waals surface area contributed by atoms with Crippen LogP contribution >= 0.6 is 12.2 Å². The zero-order chi connectivity index (χ0) is 23.8. The zero-order valence-electron chi connectivity index (χ0n) is 19.6.